The van der Waals surface area contributed by atoms with E-state index >= 15 is 0 Å². The van der Waals surface area contributed by atoms with Crippen LogP contribution >= 0.6 is 11.6 Å². The highest BCUT2D eigenvalue weighted by atomic mass is 35.5. The number of nitrogens with two attached hydrogens (primary N) is 1. The third kappa shape index (κ3) is 9.17. The van der Waals surface area contributed by atoms with Gasteiger partial charge in [-0.3, -0.25) is 4.68 Å². The van der Waals surface area contributed by atoms with E-state index < -0.39 is 0 Å². The number of hydrogen-bond acceptors (Lipinski definition) is 7. The van der Waals surface area contributed by atoms with Crippen molar-refractivity contribution in [2.24, 2.45) is 18.7 Å². The number of nitrogens with one attached hydrogen (secondary N) is 1. The van der Waals surface area contributed by atoms with Gasteiger partial charge in [0.15, 0.2) is 0 Å². The van der Waals surface area contributed by atoms with Gasteiger partial charge in [-0.1, -0.05) is 67.6 Å². The summed E-state index contributed by atoms with van der Waals surface area (Å²) in [6, 6.07) is 10.5. The van der Waals surface area contributed by atoms with Crippen LogP contribution in [0.3, 0.4) is 0 Å². The Bertz CT molecular complexity index is 1320. The number of halogens is 1. The number of anilines is 1. The number of nitrogens with zero attached hydrogens (tertiary/aromatic N) is 5. The average molecular weight is 622 g/mol. The van der Waals surface area contributed by atoms with Crippen molar-refractivity contribution in [3.63, 3.8) is 0 Å². The molecule has 2 aromatic heterocycles. The van der Waals surface area contributed by atoms with Gasteiger partial charge in [-0.05, 0) is 75.8 Å². The van der Waals surface area contributed by atoms with Crippen LogP contribution in [0.5, 0.6) is 0 Å². The maximum atomic E-state index is 13.3. The fourth-order valence-electron chi connectivity index (χ4n) is 6.16. The van der Waals surface area contributed by atoms with Crippen molar-refractivity contribution >= 4 is 23.6 Å². The van der Waals surface area contributed by atoms with Gasteiger partial charge in [0.2, 0.25) is 5.95 Å². The maximum absolute atomic E-state index is 13.3. The predicted octanol–water partition coefficient (Wildman–Crippen LogP) is 7.14. The molecule has 0 saturated heterocycles. The molecule has 2 heterocycles. The zero-order valence-corrected chi connectivity index (χ0v) is 26.9. The van der Waals surface area contributed by atoms with Crippen molar-refractivity contribution in [2.45, 2.75) is 102 Å². The Morgan fingerprint density at radius 1 is 1.02 bits per heavy atom. The summed E-state index contributed by atoms with van der Waals surface area (Å²) in [5.41, 5.74) is 9.59. The summed E-state index contributed by atoms with van der Waals surface area (Å²) in [4.78, 5) is 24.6. The molecule has 2 aliphatic carbocycles. The molecule has 0 radical (unpaired) electrons. The molecule has 2 fully saturated rings. The number of hydrogen-bond donors (Lipinski definition) is 2. The number of ether oxygens (including phenoxy) is 1. The SMILES string of the molecule is Cn1ncc(-c2nc(NC3CCC(N(Cc4ccccc4)C(=O)OCCCCCCCCN)CC3)ncc2Cl)c1CC1CC1. The summed E-state index contributed by atoms with van der Waals surface area (Å²) < 4.78 is 7.74. The minimum Gasteiger partial charge on any atom is -0.449 e. The molecule has 0 unspecified atom stereocenters. The highest BCUT2D eigenvalue weighted by molar-refractivity contribution is 6.33. The first-order valence-corrected chi connectivity index (χ1v) is 16.9. The molecule has 1 aromatic carbocycles. The molecule has 9 nitrogen and oxygen atoms in total. The van der Waals surface area contributed by atoms with Gasteiger partial charge in [0.05, 0.1) is 29.7 Å². The summed E-state index contributed by atoms with van der Waals surface area (Å²) >= 11 is 6.59. The fraction of sp³-hybridized carbons (Fsp3) is 0.588. The van der Waals surface area contributed by atoms with Crippen molar-refractivity contribution in [3.8, 4) is 11.3 Å². The lowest BCUT2D eigenvalue weighted by atomic mass is 9.90. The molecule has 0 spiro atoms. The quantitative estimate of drug-likeness (QED) is 0.163. The Morgan fingerprint density at radius 3 is 2.48 bits per heavy atom. The number of carbonyl (C=O) groups excluding carboxylic acids is 1. The molecular weight excluding hydrogens is 574 g/mol. The summed E-state index contributed by atoms with van der Waals surface area (Å²) in [7, 11) is 1.98. The second kappa shape index (κ2) is 16.2. The maximum Gasteiger partial charge on any atom is 0.410 e. The lowest BCUT2D eigenvalue weighted by molar-refractivity contribution is 0.0712. The van der Waals surface area contributed by atoms with Crippen molar-refractivity contribution in [1.82, 2.24) is 24.6 Å². The molecule has 0 bridgehead atoms. The molecule has 5 rings (SSSR count). The number of aryl methyl sites for hydroxylation is 1. The molecule has 2 aliphatic rings. The van der Waals surface area contributed by atoms with Crippen molar-refractivity contribution in [3.05, 3.63) is 59.0 Å². The first kappa shape index (κ1) is 32.2. The lowest BCUT2D eigenvalue weighted by Gasteiger charge is -2.36. The topological polar surface area (TPSA) is 111 Å². The van der Waals surface area contributed by atoms with Gasteiger partial charge < -0.3 is 20.7 Å². The zero-order valence-electron chi connectivity index (χ0n) is 26.1. The largest absolute Gasteiger partial charge is 0.449 e. The zero-order chi connectivity index (χ0) is 30.7. The molecule has 3 aromatic rings. The Hall–Kier alpha value is -3.17. The van der Waals surface area contributed by atoms with Gasteiger partial charge in [0.1, 0.15) is 0 Å². The third-order valence-corrected chi connectivity index (χ3v) is 9.24. The summed E-state index contributed by atoms with van der Waals surface area (Å²) in [5.74, 6) is 1.31. The molecule has 238 valence electrons. The van der Waals surface area contributed by atoms with Gasteiger partial charge in [-0.2, -0.15) is 5.10 Å². The van der Waals surface area contributed by atoms with Crippen LogP contribution in [0.1, 0.15) is 88.3 Å². The highest BCUT2D eigenvalue weighted by Crippen LogP contribution is 2.37. The summed E-state index contributed by atoms with van der Waals surface area (Å²) in [6.45, 7) is 1.78. The van der Waals surface area contributed by atoms with Gasteiger partial charge in [0, 0.05) is 36.9 Å². The van der Waals surface area contributed by atoms with Crippen LogP contribution in [-0.4, -0.2) is 56.0 Å². The number of aromatic nitrogens is 4. The first-order chi connectivity index (χ1) is 21.5. The van der Waals surface area contributed by atoms with Crippen LogP contribution in [0.2, 0.25) is 5.02 Å². The van der Waals surface area contributed by atoms with Crippen molar-refractivity contribution < 1.29 is 9.53 Å². The number of unbranched alkanes of at least 4 members (excludes halogenated alkanes) is 5. The Morgan fingerprint density at radius 2 is 1.75 bits per heavy atom. The molecule has 44 heavy (non-hydrogen) atoms. The second-order valence-corrected chi connectivity index (χ2v) is 12.9. The average Bonchev–Trinajstić information content (AvgIpc) is 3.80. The third-order valence-electron chi connectivity index (χ3n) is 8.96. The lowest BCUT2D eigenvalue weighted by Crippen LogP contribution is -2.44. The van der Waals surface area contributed by atoms with Gasteiger partial charge in [0.25, 0.3) is 0 Å². The minimum atomic E-state index is -0.211. The van der Waals surface area contributed by atoms with E-state index in [4.69, 9.17) is 27.1 Å². The molecule has 10 heteroatoms. The Labute approximate surface area is 266 Å². The molecular formula is C34H48ClN7O2. The van der Waals surface area contributed by atoms with Crippen molar-refractivity contribution in [2.75, 3.05) is 18.5 Å². The summed E-state index contributed by atoms with van der Waals surface area (Å²) in [6.07, 6.45) is 17.0. The van der Waals surface area contributed by atoms with Crippen molar-refractivity contribution in [1.29, 1.82) is 0 Å². The second-order valence-electron chi connectivity index (χ2n) is 12.5. The van der Waals surface area contributed by atoms with Crippen LogP contribution in [0, 0.1) is 5.92 Å². The van der Waals surface area contributed by atoms with E-state index in [1.54, 1.807) is 6.20 Å². The van der Waals surface area contributed by atoms with Crippen LogP contribution in [0.25, 0.3) is 11.3 Å². The monoisotopic (exact) mass is 621 g/mol. The van der Waals surface area contributed by atoms with E-state index in [0.29, 0.717) is 24.1 Å². The highest BCUT2D eigenvalue weighted by Gasteiger charge is 2.31. The van der Waals surface area contributed by atoms with Gasteiger partial charge >= 0.3 is 6.09 Å². The molecule has 0 atom stereocenters. The minimum absolute atomic E-state index is 0.124. The summed E-state index contributed by atoms with van der Waals surface area (Å²) in [5, 5.41) is 8.59. The van der Waals surface area contributed by atoms with Crippen LogP contribution in [-0.2, 0) is 24.8 Å². The Kier molecular flexibility index (Phi) is 11.9. The van der Waals surface area contributed by atoms with E-state index in [2.05, 4.69) is 27.5 Å². The van der Waals surface area contributed by atoms with Gasteiger partial charge in [-0.25, -0.2) is 14.8 Å². The smallest absolute Gasteiger partial charge is 0.410 e. The van der Waals surface area contributed by atoms with E-state index in [0.717, 1.165) is 87.1 Å². The van der Waals surface area contributed by atoms with E-state index in [-0.39, 0.29) is 18.2 Å². The Balaban J connectivity index is 1.16. The van der Waals surface area contributed by atoms with Crippen LogP contribution in [0.4, 0.5) is 10.7 Å². The van der Waals surface area contributed by atoms with Crippen LogP contribution in [0.15, 0.2) is 42.7 Å². The standard InChI is InChI=1S/C34H48ClN7O2/c1-41-31(21-25-13-14-25)29(22-38-41)32-30(35)23-37-33(40-32)39-27-15-17-28(18-16-27)42(24-26-11-7-6-8-12-26)34(43)44-20-10-5-3-2-4-9-19-36/h6-8,11-12,22-23,25,27-28H,2-5,9-10,13-21,24,36H2,1H3,(H,37,39,40). The molecule has 1 amide bonds. The van der Waals surface area contributed by atoms with Gasteiger partial charge in [-0.15, -0.1) is 0 Å². The normalized spacial score (nSPS) is 18.2. The number of carbonyl (C=O) groups is 1. The molecule has 2 saturated carbocycles. The predicted molar refractivity (Wildman–Crippen MR) is 175 cm³/mol. The number of amides is 1. The van der Waals surface area contributed by atoms with Crippen LogP contribution < -0.4 is 11.1 Å². The number of benzene rings is 1. The molecule has 0 aliphatic heterocycles. The van der Waals surface area contributed by atoms with E-state index in [1.165, 1.54) is 31.4 Å². The van der Waals surface area contributed by atoms with E-state index in [1.807, 2.05) is 41.0 Å². The first-order valence-electron chi connectivity index (χ1n) is 16.5. The molecule has 3 N–H and O–H groups in total. The van der Waals surface area contributed by atoms with E-state index in [9.17, 15) is 4.79 Å². The fourth-order valence-corrected chi connectivity index (χ4v) is 6.35. The number of rotatable bonds is 16.